The highest BCUT2D eigenvalue weighted by Gasteiger charge is 2.16. The summed E-state index contributed by atoms with van der Waals surface area (Å²) in [5.74, 6) is -0.233. The van der Waals surface area contributed by atoms with Crippen LogP contribution in [-0.2, 0) is 16.6 Å². The van der Waals surface area contributed by atoms with Gasteiger partial charge in [-0.05, 0) is 31.2 Å². The van der Waals surface area contributed by atoms with E-state index < -0.39 is 15.8 Å². The highest BCUT2D eigenvalue weighted by atomic mass is 32.2. The Labute approximate surface area is 121 Å². The molecule has 108 valence electrons. The molecule has 2 aromatic rings. The topological polar surface area (TPSA) is 95.7 Å². The van der Waals surface area contributed by atoms with E-state index in [0.717, 1.165) is 18.2 Å². The molecule has 0 saturated heterocycles. The van der Waals surface area contributed by atoms with Crippen molar-refractivity contribution in [1.29, 1.82) is 5.26 Å². The number of sulfonamides is 1. The van der Waals surface area contributed by atoms with Gasteiger partial charge in [-0.3, -0.25) is 0 Å². The Hall–Kier alpha value is -2.37. The zero-order valence-electron chi connectivity index (χ0n) is 11.0. The fourth-order valence-electron chi connectivity index (χ4n) is 1.61. The summed E-state index contributed by atoms with van der Waals surface area (Å²) in [5.41, 5.74) is 0.185. The third kappa shape index (κ3) is 3.59. The predicted octanol–water partition coefficient (Wildman–Crippen LogP) is 1.27. The van der Waals surface area contributed by atoms with E-state index in [1.807, 2.05) is 0 Å². The summed E-state index contributed by atoms with van der Waals surface area (Å²) in [4.78, 5) is 7.80. The van der Waals surface area contributed by atoms with Crippen LogP contribution < -0.4 is 4.72 Å². The maximum absolute atomic E-state index is 13.2. The van der Waals surface area contributed by atoms with Gasteiger partial charge in [0, 0.05) is 6.20 Å². The first kappa shape index (κ1) is 15.0. The van der Waals surface area contributed by atoms with E-state index in [1.165, 1.54) is 6.20 Å². The van der Waals surface area contributed by atoms with E-state index >= 15 is 0 Å². The highest BCUT2D eigenvalue weighted by molar-refractivity contribution is 7.89. The Morgan fingerprint density at radius 2 is 2.14 bits per heavy atom. The summed E-state index contributed by atoms with van der Waals surface area (Å²) in [5, 5.41) is 8.72. The van der Waals surface area contributed by atoms with Crippen molar-refractivity contribution in [3.05, 3.63) is 53.4 Å². The van der Waals surface area contributed by atoms with Gasteiger partial charge in [0.05, 0.1) is 22.7 Å². The van der Waals surface area contributed by atoms with Gasteiger partial charge >= 0.3 is 0 Å². The average Bonchev–Trinajstić information content (AvgIpc) is 2.46. The number of aryl methyl sites for hydroxylation is 1. The van der Waals surface area contributed by atoms with Gasteiger partial charge in [-0.25, -0.2) is 27.5 Å². The minimum absolute atomic E-state index is 0.0229. The van der Waals surface area contributed by atoms with Crippen molar-refractivity contribution < 1.29 is 12.8 Å². The lowest BCUT2D eigenvalue weighted by atomic mass is 10.2. The van der Waals surface area contributed by atoms with Crippen molar-refractivity contribution in [1.82, 2.24) is 14.7 Å². The van der Waals surface area contributed by atoms with E-state index in [4.69, 9.17) is 5.26 Å². The normalized spacial score (nSPS) is 11.1. The number of nitrogens with one attached hydrogen (secondary N) is 1. The van der Waals surface area contributed by atoms with E-state index in [0.29, 0.717) is 11.5 Å². The molecular weight excluding hydrogens is 295 g/mol. The molecule has 1 aromatic carbocycles. The standard InChI is InChI=1S/C13H11FN4O2S/c1-9-16-5-4-11(18-9)8-17-21(19,20)12-2-3-13(14)10(6-12)7-15/h2-6,17H,8H2,1H3. The lowest BCUT2D eigenvalue weighted by Crippen LogP contribution is -2.24. The first-order valence-electron chi connectivity index (χ1n) is 5.90. The van der Waals surface area contributed by atoms with Crippen LogP contribution in [0.4, 0.5) is 4.39 Å². The molecule has 0 unspecified atom stereocenters. The molecule has 6 nitrogen and oxygen atoms in total. The van der Waals surface area contributed by atoms with E-state index in [2.05, 4.69) is 14.7 Å². The number of benzene rings is 1. The molecule has 0 aliphatic rings. The molecule has 1 aromatic heterocycles. The third-order valence-corrected chi connectivity index (χ3v) is 4.04. The molecule has 0 atom stereocenters. The van der Waals surface area contributed by atoms with Gasteiger partial charge in [0.15, 0.2) is 0 Å². The smallest absolute Gasteiger partial charge is 0.240 e. The second-order valence-corrected chi connectivity index (χ2v) is 5.94. The van der Waals surface area contributed by atoms with Crippen LogP contribution in [0.15, 0.2) is 35.4 Å². The van der Waals surface area contributed by atoms with Gasteiger partial charge in [-0.15, -0.1) is 0 Å². The quantitative estimate of drug-likeness (QED) is 0.917. The zero-order valence-corrected chi connectivity index (χ0v) is 11.9. The second kappa shape index (κ2) is 5.95. The molecule has 21 heavy (non-hydrogen) atoms. The lowest BCUT2D eigenvalue weighted by molar-refractivity contribution is 0.579. The number of hydrogen-bond acceptors (Lipinski definition) is 5. The van der Waals surface area contributed by atoms with E-state index in [-0.39, 0.29) is 17.0 Å². The minimum atomic E-state index is -3.85. The molecule has 0 bridgehead atoms. The number of nitriles is 1. The van der Waals surface area contributed by atoms with Crippen molar-refractivity contribution in [3.8, 4) is 6.07 Å². The van der Waals surface area contributed by atoms with Gasteiger partial charge < -0.3 is 0 Å². The summed E-state index contributed by atoms with van der Waals surface area (Å²) in [7, 11) is -3.85. The van der Waals surface area contributed by atoms with Gasteiger partial charge in [-0.1, -0.05) is 0 Å². The number of nitrogens with zero attached hydrogens (tertiary/aromatic N) is 3. The number of rotatable bonds is 4. The predicted molar refractivity (Wildman–Crippen MR) is 71.9 cm³/mol. The maximum Gasteiger partial charge on any atom is 0.240 e. The monoisotopic (exact) mass is 306 g/mol. The molecule has 0 spiro atoms. The molecule has 2 rings (SSSR count). The number of aromatic nitrogens is 2. The van der Waals surface area contributed by atoms with Crippen molar-refractivity contribution in [2.24, 2.45) is 0 Å². The number of hydrogen-bond donors (Lipinski definition) is 1. The van der Waals surface area contributed by atoms with Crippen molar-refractivity contribution >= 4 is 10.0 Å². The van der Waals surface area contributed by atoms with Crippen LogP contribution in [0.2, 0.25) is 0 Å². The van der Waals surface area contributed by atoms with Crippen LogP contribution in [-0.4, -0.2) is 18.4 Å². The molecule has 0 aliphatic carbocycles. The van der Waals surface area contributed by atoms with Crippen LogP contribution in [0.3, 0.4) is 0 Å². The summed E-state index contributed by atoms with van der Waals surface area (Å²) in [6.07, 6.45) is 1.53. The van der Waals surface area contributed by atoms with Gasteiger partial charge in [0.1, 0.15) is 17.7 Å². The molecule has 0 saturated carbocycles. The van der Waals surface area contributed by atoms with Crippen LogP contribution in [0, 0.1) is 24.1 Å². The highest BCUT2D eigenvalue weighted by Crippen LogP contribution is 2.14. The van der Waals surface area contributed by atoms with E-state index in [1.54, 1.807) is 19.1 Å². The molecular formula is C13H11FN4O2S. The molecule has 8 heteroatoms. The first-order valence-corrected chi connectivity index (χ1v) is 7.38. The Balaban J connectivity index is 2.21. The average molecular weight is 306 g/mol. The second-order valence-electron chi connectivity index (χ2n) is 4.17. The Bertz CT molecular complexity index is 815. The molecule has 0 aliphatic heterocycles. The maximum atomic E-state index is 13.2. The van der Waals surface area contributed by atoms with Crippen molar-refractivity contribution in [3.63, 3.8) is 0 Å². The molecule has 0 fully saturated rings. The number of halogens is 1. The summed E-state index contributed by atoms with van der Waals surface area (Å²) >= 11 is 0. The van der Waals surface area contributed by atoms with Gasteiger partial charge in [0.25, 0.3) is 0 Å². The van der Waals surface area contributed by atoms with Crippen LogP contribution in [0.25, 0.3) is 0 Å². The summed E-state index contributed by atoms with van der Waals surface area (Å²) in [6, 6.07) is 6.22. The SMILES string of the molecule is Cc1nccc(CNS(=O)(=O)c2ccc(F)c(C#N)c2)n1. The van der Waals surface area contributed by atoms with Crippen LogP contribution >= 0.6 is 0 Å². The summed E-state index contributed by atoms with van der Waals surface area (Å²) in [6.45, 7) is 1.67. The zero-order chi connectivity index (χ0) is 15.5. The minimum Gasteiger partial charge on any atom is -0.242 e. The molecule has 0 amide bonds. The van der Waals surface area contributed by atoms with Crippen LogP contribution in [0.5, 0.6) is 0 Å². The molecule has 0 radical (unpaired) electrons. The lowest BCUT2D eigenvalue weighted by Gasteiger charge is -2.07. The van der Waals surface area contributed by atoms with Gasteiger partial charge in [0.2, 0.25) is 10.0 Å². The third-order valence-electron chi connectivity index (χ3n) is 2.65. The van der Waals surface area contributed by atoms with Crippen molar-refractivity contribution in [2.75, 3.05) is 0 Å². The van der Waals surface area contributed by atoms with Crippen LogP contribution in [0.1, 0.15) is 17.1 Å². The molecule has 1 heterocycles. The van der Waals surface area contributed by atoms with Gasteiger partial charge in [-0.2, -0.15) is 5.26 Å². The Morgan fingerprint density at radius 3 is 2.81 bits per heavy atom. The van der Waals surface area contributed by atoms with E-state index in [9.17, 15) is 12.8 Å². The largest absolute Gasteiger partial charge is 0.242 e. The fraction of sp³-hybridized carbons (Fsp3) is 0.154. The fourth-order valence-corrected chi connectivity index (χ4v) is 2.64. The molecule has 1 N–H and O–H groups in total. The first-order chi connectivity index (χ1) is 9.92. The Morgan fingerprint density at radius 1 is 1.38 bits per heavy atom. The van der Waals surface area contributed by atoms with Crippen molar-refractivity contribution in [2.45, 2.75) is 18.4 Å². The summed E-state index contributed by atoms with van der Waals surface area (Å²) < 4.78 is 39.7. The Kier molecular flexibility index (Phi) is 4.26.